The standard InChI is InChI=1S/C10H14O5/c1-9(2)14-8(13)10(15-9)4-3-6(11)7(12)5-10/h3-4,6-7,11-12H,5H2,1-2H3/t6-,7-,10+/m1/s1. The van der Waals surface area contributed by atoms with Gasteiger partial charge in [0.1, 0.15) is 0 Å². The molecule has 2 aliphatic rings. The molecule has 1 saturated heterocycles. The van der Waals surface area contributed by atoms with E-state index < -0.39 is 29.6 Å². The van der Waals surface area contributed by atoms with Gasteiger partial charge in [-0.3, -0.25) is 0 Å². The van der Waals surface area contributed by atoms with E-state index in [9.17, 15) is 15.0 Å². The van der Waals surface area contributed by atoms with E-state index in [4.69, 9.17) is 9.47 Å². The van der Waals surface area contributed by atoms with Gasteiger partial charge in [0.15, 0.2) is 5.60 Å². The Morgan fingerprint density at radius 1 is 1.47 bits per heavy atom. The molecule has 15 heavy (non-hydrogen) atoms. The minimum Gasteiger partial charge on any atom is -0.431 e. The van der Waals surface area contributed by atoms with E-state index in [-0.39, 0.29) is 6.42 Å². The third-order valence-corrected chi connectivity index (χ3v) is 2.58. The van der Waals surface area contributed by atoms with Gasteiger partial charge in [-0.1, -0.05) is 6.08 Å². The maximum atomic E-state index is 11.6. The first-order valence-corrected chi connectivity index (χ1v) is 4.84. The van der Waals surface area contributed by atoms with E-state index in [2.05, 4.69) is 0 Å². The van der Waals surface area contributed by atoms with Crippen molar-refractivity contribution in [2.45, 2.75) is 43.9 Å². The molecule has 3 atom stereocenters. The fraction of sp³-hybridized carbons (Fsp3) is 0.700. The van der Waals surface area contributed by atoms with Gasteiger partial charge in [-0.25, -0.2) is 4.79 Å². The third kappa shape index (κ3) is 1.67. The maximum Gasteiger partial charge on any atom is 0.345 e. The molecule has 5 nitrogen and oxygen atoms in total. The van der Waals surface area contributed by atoms with Crippen LogP contribution in [0.5, 0.6) is 0 Å². The molecular formula is C10H14O5. The summed E-state index contributed by atoms with van der Waals surface area (Å²) in [6.45, 7) is 3.26. The molecule has 1 fully saturated rings. The largest absolute Gasteiger partial charge is 0.431 e. The average molecular weight is 214 g/mol. The van der Waals surface area contributed by atoms with Gasteiger partial charge in [-0.05, 0) is 6.08 Å². The molecule has 0 amide bonds. The summed E-state index contributed by atoms with van der Waals surface area (Å²) in [5.74, 6) is -1.50. The zero-order valence-corrected chi connectivity index (χ0v) is 8.64. The first-order chi connectivity index (χ1) is 6.85. The highest BCUT2D eigenvalue weighted by Crippen LogP contribution is 2.39. The van der Waals surface area contributed by atoms with Crippen molar-refractivity contribution in [3.63, 3.8) is 0 Å². The second-order valence-electron chi connectivity index (χ2n) is 4.40. The Bertz CT molecular complexity index is 322. The summed E-state index contributed by atoms with van der Waals surface area (Å²) in [6.07, 6.45) is 0.887. The summed E-state index contributed by atoms with van der Waals surface area (Å²) in [6, 6.07) is 0. The van der Waals surface area contributed by atoms with Crippen LogP contribution < -0.4 is 0 Å². The lowest BCUT2D eigenvalue weighted by atomic mass is 9.88. The predicted octanol–water partition coefficient (Wildman–Crippen LogP) is -0.284. The molecule has 1 spiro atoms. The molecule has 2 N–H and O–H groups in total. The predicted molar refractivity (Wildman–Crippen MR) is 49.8 cm³/mol. The van der Waals surface area contributed by atoms with Gasteiger partial charge in [0.25, 0.3) is 0 Å². The number of aliphatic hydroxyl groups is 2. The normalized spacial score (nSPS) is 43.3. The Kier molecular flexibility index (Phi) is 2.15. The van der Waals surface area contributed by atoms with Crippen molar-refractivity contribution in [3.05, 3.63) is 12.2 Å². The number of hydrogen-bond acceptors (Lipinski definition) is 5. The zero-order chi connectivity index (χ0) is 11.3. The highest BCUT2D eigenvalue weighted by Gasteiger charge is 2.55. The Labute approximate surface area is 87.3 Å². The van der Waals surface area contributed by atoms with Crippen molar-refractivity contribution < 1.29 is 24.5 Å². The molecular weight excluding hydrogens is 200 g/mol. The van der Waals surface area contributed by atoms with E-state index in [1.807, 2.05) is 0 Å². The number of carbonyl (C=O) groups is 1. The molecule has 5 heteroatoms. The summed E-state index contributed by atoms with van der Waals surface area (Å²) in [7, 11) is 0. The zero-order valence-electron chi connectivity index (χ0n) is 8.64. The van der Waals surface area contributed by atoms with E-state index >= 15 is 0 Å². The minimum atomic E-state index is -1.23. The smallest absolute Gasteiger partial charge is 0.345 e. The number of aliphatic hydroxyl groups excluding tert-OH is 2. The van der Waals surface area contributed by atoms with Gasteiger partial charge in [-0.2, -0.15) is 0 Å². The van der Waals surface area contributed by atoms with Crippen LogP contribution in [0.25, 0.3) is 0 Å². The third-order valence-electron chi connectivity index (χ3n) is 2.58. The molecule has 0 unspecified atom stereocenters. The quantitative estimate of drug-likeness (QED) is 0.428. The fourth-order valence-corrected chi connectivity index (χ4v) is 1.92. The van der Waals surface area contributed by atoms with Crippen molar-refractivity contribution in [3.8, 4) is 0 Å². The topological polar surface area (TPSA) is 76.0 Å². The second kappa shape index (κ2) is 3.04. The van der Waals surface area contributed by atoms with Gasteiger partial charge in [0.05, 0.1) is 12.2 Å². The first-order valence-electron chi connectivity index (χ1n) is 4.84. The number of ether oxygens (including phenoxy) is 2. The summed E-state index contributed by atoms with van der Waals surface area (Å²) in [5, 5.41) is 18.8. The molecule has 0 radical (unpaired) electrons. The van der Waals surface area contributed by atoms with Crippen LogP contribution in [0.15, 0.2) is 12.2 Å². The van der Waals surface area contributed by atoms with Gasteiger partial charge < -0.3 is 19.7 Å². The number of esters is 1. The monoisotopic (exact) mass is 214 g/mol. The first kappa shape index (κ1) is 10.6. The van der Waals surface area contributed by atoms with Crippen molar-refractivity contribution >= 4 is 5.97 Å². The highest BCUT2D eigenvalue weighted by molar-refractivity contribution is 5.84. The lowest BCUT2D eigenvalue weighted by Crippen LogP contribution is -2.45. The summed E-state index contributed by atoms with van der Waals surface area (Å²) >= 11 is 0. The SMILES string of the molecule is CC1(C)OC(=O)[C@@]2(C=C[C@@H](O)[C@H](O)C2)O1. The lowest BCUT2D eigenvalue weighted by Gasteiger charge is -2.30. The molecule has 84 valence electrons. The molecule has 1 aliphatic heterocycles. The van der Waals surface area contributed by atoms with Crippen molar-refractivity contribution in [1.82, 2.24) is 0 Å². The Balaban J connectivity index is 2.29. The van der Waals surface area contributed by atoms with Crippen LogP contribution >= 0.6 is 0 Å². The van der Waals surface area contributed by atoms with Gasteiger partial charge >= 0.3 is 5.97 Å². The van der Waals surface area contributed by atoms with Crippen LogP contribution in [0, 0.1) is 0 Å². The Morgan fingerprint density at radius 3 is 2.60 bits per heavy atom. The van der Waals surface area contributed by atoms with Crippen molar-refractivity contribution in [2.75, 3.05) is 0 Å². The molecule has 0 aromatic carbocycles. The van der Waals surface area contributed by atoms with Crippen LogP contribution in [0.4, 0.5) is 0 Å². The van der Waals surface area contributed by atoms with E-state index in [1.54, 1.807) is 13.8 Å². The van der Waals surface area contributed by atoms with Crippen molar-refractivity contribution in [2.24, 2.45) is 0 Å². The lowest BCUT2D eigenvalue weighted by molar-refractivity contribution is -0.166. The minimum absolute atomic E-state index is 0.0208. The molecule has 0 saturated carbocycles. The van der Waals surface area contributed by atoms with Gasteiger partial charge in [0, 0.05) is 20.3 Å². The number of carbonyl (C=O) groups excluding carboxylic acids is 1. The van der Waals surface area contributed by atoms with Gasteiger partial charge in [0.2, 0.25) is 5.79 Å². The van der Waals surface area contributed by atoms with Crippen LogP contribution in [0.1, 0.15) is 20.3 Å². The average Bonchev–Trinajstić information content (AvgIpc) is 2.30. The Hall–Kier alpha value is -0.910. The highest BCUT2D eigenvalue weighted by atomic mass is 16.8. The molecule has 1 aliphatic carbocycles. The molecule has 0 aromatic rings. The molecule has 0 bridgehead atoms. The summed E-state index contributed by atoms with van der Waals surface area (Å²) in [4.78, 5) is 11.6. The fourth-order valence-electron chi connectivity index (χ4n) is 1.92. The second-order valence-corrected chi connectivity index (χ2v) is 4.40. The van der Waals surface area contributed by atoms with Crippen LogP contribution in [-0.4, -0.2) is 39.8 Å². The molecule has 2 rings (SSSR count). The van der Waals surface area contributed by atoms with Gasteiger partial charge in [-0.15, -0.1) is 0 Å². The van der Waals surface area contributed by atoms with Crippen LogP contribution in [0.3, 0.4) is 0 Å². The van der Waals surface area contributed by atoms with E-state index in [0.717, 1.165) is 0 Å². The summed E-state index contributed by atoms with van der Waals surface area (Å²) < 4.78 is 10.5. The molecule has 0 aromatic heterocycles. The van der Waals surface area contributed by atoms with Crippen molar-refractivity contribution in [1.29, 1.82) is 0 Å². The number of rotatable bonds is 0. The van der Waals surface area contributed by atoms with Crippen LogP contribution in [0.2, 0.25) is 0 Å². The number of hydrogen-bond donors (Lipinski definition) is 2. The maximum absolute atomic E-state index is 11.6. The summed E-state index contributed by atoms with van der Waals surface area (Å²) in [5.41, 5.74) is -1.23. The van der Waals surface area contributed by atoms with E-state index in [1.165, 1.54) is 12.2 Å². The number of cyclic esters (lactones) is 1. The molecule has 1 heterocycles. The Morgan fingerprint density at radius 2 is 2.13 bits per heavy atom. The van der Waals surface area contributed by atoms with E-state index in [0.29, 0.717) is 0 Å². The van der Waals surface area contributed by atoms with Crippen LogP contribution in [-0.2, 0) is 14.3 Å².